The maximum Gasteiger partial charge on any atom is 0.125 e. The third kappa shape index (κ3) is 2.03. The summed E-state index contributed by atoms with van der Waals surface area (Å²) < 4.78 is 13.4. The van der Waals surface area contributed by atoms with E-state index in [9.17, 15) is 4.39 Å². The number of fused-ring (bicyclic) bond motifs is 1. The van der Waals surface area contributed by atoms with E-state index in [0.717, 1.165) is 35.5 Å². The van der Waals surface area contributed by atoms with Crippen LogP contribution in [0.15, 0.2) is 36.4 Å². The molecule has 0 aliphatic carbocycles. The average molecular weight is 269 g/mol. The van der Waals surface area contributed by atoms with E-state index in [-0.39, 0.29) is 11.7 Å². The predicted octanol–water partition coefficient (Wildman–Crippen LogP) is 3.11. The summed E-state index contributed by atoms with van der Waals surface area (Å²) in [4.78, 5) is 2.11. The number of nitrogen functional groups attached to an aromatic ring is 1. The Kier molecular flexibility index (Phi) is 2.93. The minimum Gasteiger partial charge on any atom is -0.384 e. The van der Waals surface area contributed by atoms with Crippen molar-refractivity contribution in [2.24, 2.45) is 5.73 Å². The summed E-state index contributed by atoms with van der Waals surface area (Å²) in [6.07, 6.45) is 0.920. The van der Waals surface area contributed by atoms with Crippen LogP contribution in [0.1, 0.15) is 16.7 Å². The number of rotatable bonds is 2. The molecule has 3 rings (SSSR count). The van der Waals surface area contributed by atoms with Gasteiger partial charge in [-0.15, -0.1) is 0 Å². The second-order valence-electron chi connectivity index (χ2n) is 5.09. The standard InChI is InChI=1S/C16H16FN3/c1-10-8-13(4-5-14(10)16(18)19)20-7-6-11-2-3-12(17)9-15(11)20/h2-5,8-9H,6-7H2,1H3,(H3,18,19). The quantitative estimate of drug-likeness (QED) is 0.650. The number of nitrogens with zero attached hydrogens (tertiary/aromatic N) is 1. The second kappa shape index (κ2) is 4.63. The molecule has 0 fully saturated rings. The monoisotopic (exact) mass is 269 g/mol. The first-order valence-electron chi connectivity index (χ1n) is 6.57. The number of amidine groups is 1. The van der Waals surface area contributed by atoms with Crippen LogP contribution in [0, 0.1) is 18.2 Å². The molecule has 1 aliphatic heterocycles. The molecule has 3 N–H and O–H groups in total. The van der Waals surface area contributed by atoms with Gasteiger partial charge in [-0.2, -0.15) is 0 Å². The summed E-state index contributed by atoms with van der Waals surface area (Å²) in [6.45, 7) is 2.78. The molecule has 0 saturated carbocycles. The molecule has 1 aliphatic rings. The lowest BCUT2D eigenvalue weighted by atomic mass is 10.1. The van der Waals surface area contributed by atoms with Crippen LogP contribution in [0.3, 0.4) is 0 Å². The fraction of sp³-hybridized carbons (Fsp3) is 0.188. The minimum atomic E-state index is -0.215. The number of nitrogens with two attached hydrogens (primary N) is 1. The molecule has 4 heteroatoms. The topological polar surface area (TPSA) is 53.1 Å². The Hall–Kier alpha value is -2.36. The number of nitrogens with one attached hydrogen (secondary N) is 1. The van der Waals surface area contributed by atoms with Gasteiger partial charge < -0.3 is 10.6 Å². The molecule has 20 heavy (non-hydrogen) atoms. The summed E-state index contributed by atoms with van der Waals surface area (Å²) in [5, 5.41) is 7.52. The van der Waals surface area contributed by atoms with Crippen LogP contribution in [0.5, 0.6) is 0 Å². The van der Waals surface area contributed by atoms with Gasteiger partial charge in [0.2, 0.25) is 0 Å². The Labute approximate surface area is 117 Å². The maximum atomic E-state index is 13.4. The van der Waals surface area contributed by atoms with Crippen molar-refractivity contribution in [3.05, 3.63) is 58.9 Å². The molecule has 0 atom stereocenters. The highest BCUT2D eigenvalue weighted by Gasteiger charge is 2.21. The lowest BCUT2D eigenvalue weighted by molar-refractivity contribution is 0.628. The maximum absolute atomic E-state index is 13.4. The normalized spacial score (nSPS) is 13.4. The molecule has 102 valence electrons. The fourth-order valence-corrected chi connectivity index (χ4v) is 2.74. The lowest BCUT2D eigenvalue weighted by Crippen LogP contribution is -2.16. The van der Waals surface area contributed by atoms with Crippen LogP contribution in [0.2, 0.25) is 0 Å². The molecule has 0 spiro atoms. The molecule has 0 saturated heterocycles. The van der Waals surface area contributed by atoms with E-state index in [4.69, 9.17) is 11.1 Å². The molecule has 2 aromatic carbocycles. The van der Waals surface area contributed by atoms with Crippen molar-refractivity contribution >= 4 is 17.2 Å². The first kappa shape index (κ1) is 12.7. The van der Waals surface area contributed by atoms with Gasteiger partial charge in [0, 0.05) is 23.5 Å². The third-order valence-corrected chi connectivity index (χ3v) is 3.75. The van der Waals surface area contributed by atoms with Crippen molar-refractivity contribution < 1.29 is 4.39 Å². The summed E-state index contributed by atoms with van der Waals surface area (Å²) in [5.74, 6) is -0.144. The van der Waals surface area contributed by atoms with Gasteiger partial charge in [0.1, 0.15) is 11.7 Å². The lowest BCUT2D eigenvalue weighted by Gasteiger charge is -2.21. The van der Waals surface area contributed by atoms with E-state index in [1.165, 1.54) is 11.6 Å². The van der Waals surface area contributed by atoms with E-state index in [0.29, 0.717) is 0 Å². The van der Waals surface area contributed by atoms with Gasteiger partial charge >= 0.3 is 0 Å². The zero-order chi connectivity index (χ0) is 14.3. The van der Waals surface area contributed by atoms with Crippen molar-refractivity contribution in [1.29, 1.82) is 5.41 Å². The van der Waals surface area contributed by atoms with Crippen molar-refractivity contribution in [3.63, 3.8) is 0 Å². The average Bonchev–Trinajstić information content (AvgIpc) is 2.81. The Morgan fingerprint density at radius 2 is 2.05 bits per heavy atom. The molecule has 1 heterocycles. The van der Waals surface area contributed by atoms with E-state index in [1.807, 2.05) is 31.2 Å². The Balaban J connectivity index is 2.02. The molecule has 3 nitrogen and oxygen atoms in total. The van der Waals surface area contributed by atoms with E-state index < -0.39 is 0 Å². The second-order valence-corrected chi connectivity index (χ2v) is 5.09. The van der Waals surface area contributed by atoms with Crippen LogP contribution >= 0.6 is 0 Å². The molecule has 0 aromatic heterocycles. The van der Waals surface area contributed by atoms with Gasteiger partial charge in [-0.1, -0.05) is 6.07 Å². The van der Waals surface area contributed by atoms with Crippen LogP contribution in [0.25, 0.3) is 0 Å². The molecule has 0 radical (unpaired) electrons. The van der Waals surface area contributed by atoms with Crippen molar-refractivity contribution in [1.82, 2.24) is 0 Å². The van der Waals surface area contributed by atoms with Crippen molar-refractivity contribution in [2.75, 3.05) is 11.4 Å². The summed E-state index contributed by atoms with van der Waals surface area (Å²) >= 11 is 0. The van der Waals surface area contributed by atoms with Gasteiger partial charge in [0.15, 0.2) is 0 Å². The van der Waals surface area contributed by atoms with E-state index in [2.05, 4.69) is 4.90 Å². The zero-order valence-electron chi connectivity index (χ0n) is 11.3. The largest absolute Gasteiger partial charge is 0.384 e. The Morgan fingerprint density at radius 3 is 2.75 bits per heavy atom. The smallest absolute Gasteiger partial charge is 0.125 e. The Morgan fingerprint density at radius 1 is 1.25 bits per heavy atom. The number of hydrogen-bond donors (Lipinski definition) is 2. The molecule has 0 bridgehead atoms. The highest BCUT2D eigenvalue weighted by Crippen LogP contribution is 2.35. The molecular formula is C16H16FN3. The number of hydrogen-bond acceptors (Lipinski definition) is 2. The Bertz CT molecular complexity index is 694. The highest BCUT2D eigenvalue weighted by molar-refractivity contribution is 5.96. The highest BCUT2D eigenvalue weighted by atomic mass is 19.1. The van der Waals surface area contributed by atoms with Gasteiger partial charge in [-0.25, -0.2) is 4.39 Å². The van der Waals surface area contributed by atoms with Gasteiger partial charge in [0.05, 0.1) is 0 Å². The van der Waals surface area contributed by atoms with Crippen molar-refractivity contribution in [3.8, 4) is 0 Å². The van der Waals surface area contributed by atoms with E-state index in [1.54, 1.807) is 6.07 Å². The van der Waals surface area contributed by atoms with Gasteiger partial charge in [-0.3, -0.25) is 5.41 Å². The molecular weight excluding hydrogens is 253 g/mol. The van der Waals surface area contributed by atoms with Crippen LogP contribution < -0.4 is 10.6 Å². The van der Waals surface area contributed by atoms with Crippen molar-refractivity contribution in [2.45, 2.75) is 13.3 Å². The molecule has 0 unspecified atom stereocenters. The predicted molar refractivity (Wildman–Crippen MR) is 79.3 cm³/mol. The fourth-order valence-electron chi connectivity index (χ4n) is 2.74. The van der Waals surface area contributed by atoms with E-state index >= 15 is 0 Å². The zero-order valence-corrected chi connectivity index (χ0v) is 11.3. The SMILES string of the molecule is Cc1cc(N2CCc3ccc(F)cc32)ccc1C(=N)N. The molecule has 0 amide bonds. The van der Waals surface area contributed by atoms with Gasteiger partial charge in [-0.05, 0) is 54.8 Å². The first-order valence-corrected chi connectivity index (χ1v) is 6.57. The van der Waals surface area contributed by atoms with Gasteiger partial charge in [0.25, 0.3) is 0 Å². The van der Waals surface area contributed by atoms with Crippen LogP contribution in [-0.4, -0.2) is 12.4 Å². The summed E-state index contributed by atoms with van der Waals surface area (Å²) in [6, 6.07) is 10.7. The van der Waals surface area contributed by atoms with Crippen LogP contribution in [-0.2, 0) is 6.42 Å². The number of aryl methyl sites for hydroxylation is 1. The van der Waals surface area contributed by atoms with Crippen LogP contribution in [0.4, 0.5) is 15.8 Å². The minimum absolute atomic E-state index is 0.0712. The number of benzene rings is 2. The number of halogens is 1. The summed E-state index contributed by atoms with van der Waals surface area (Å²) in [7, 11) is 0. The third-order valence-electron chi connectivity index (χ3n) is 3.75. The first-order chi connectivity index (χ1) is 9.56. The summed E-state index contributed by atoms with van der Waals surface area (Å²) in [5.41, 5.74) is 10.3. The number of anilines is 2. The molecule has 2 aromatic rings.